The van der Waals surface area contributed by atoms with Gasteiger partial charge < -0.3 is 14.8 Å². The molecule has 0 fully saturated rings. The van der Waals surface area contributed by atoms with Gasteiger partial charge in [0.15, 0.2) is 11.5 Å². The summed E-state index contributed by atoms with van der Waals surface area (Å²) in [5.41, 5.74) is 0.00369. The second-order valence-corrected chi connectivity index (χ2v) is 3.40. The van der Waals surface area contributed by atoms with Gasteiger partial charge in [0.05, 0.1) is 11.8 Å². The monoisotopic (exact) mass is 247 g/mol. The molecule has 0 spiro atoms. The molecule has 0 aromatic carbocycles. The van der Waals surface area contributed by atoms with Gasteiger partial charge in [0.25, 0.3) is 5.91 Å². The van der Waals surface area contributed by atoms with E-state index in [1.165, 1.54) is 24.7 Å². The maximum atomic E-state index is 11.8. The summed E-state index contributed by atoms with van der Waals surface area (Å²) in [4.78, 5) is 30.1. The molecular weight excluding hydrogens is 238 g/mol. The van der Waals surface area contributed by atoms with Crippen LogP contribution in [-0.2, 0) is 0 Å². The smallest absolute Gasteiger partial charge is 0.358 e. The number of carboxylic acids is 1. The highest BCUT2D eigenvalue weighted by Crippen LogP contribution is 2.13. The first-order chi connectivity index (χ1) is 8.59. The molecule has 2 heterocycles. The fourth-order valence-electron chi connectivity index (χ4n) is 1.38. The molecular formula is C11H9N3O4. The minimum absolute atomic E-state index is 0.101. The molecule has 0 unspecified atom stereocenters. The van der Waals surface area contributed by atoms with E-state index in [2.05, 4.69) is 15.3 Å². The second kappa shape index (κ2) is 4.66. The van der Waals surface area contributed by atoms with Crippen molar-refractivity contribution in [1.29, 1.82) is 0 Å². The van der Waals surface area contributed by atoms with Crippen LogP contribution in [0, 0.1) is 6.92 Å². The summed E-state index contributed by atoms with van der Waals surface area (Å²) in [7, 11) is 0. The quantitative estimate of drug-likeness (QED) is 0.847. The number of amides is 1. The van der Waals surface area contributed by atoms with Gasteiger partial charge in [0.1, 0.15) is 5.76 Å². The number of hydrogen-bond donors (Lipinski definition) is 2. The number of carboxylic acid groups (broad SMARTS) is 1. The van der Waals surface area contributed by atoms with Crippen molar-refractivity contribution in [3.05, 3.63) is 41.7 Å². The minimum Gasteiger partial charge on any atom is -0.476 e. The van der Waals surface area contributed by atoms with Crippen LogP contribution >= 0.6 is 0 Å². The van der Waals surface area contributed by atoms with E-state index in [0.29, 0.717) is 11.3 Å². The number of carbonyl (C=O) groups is 2. The Labute approximate surface area is 101 Å². The van der Waals surface area contributed by atoms with Crippen molar-refractivity contribution < 1.29 is 19.1 Å². The summed E-state index contributed by atoms with van der Waals surface area (Å²) in [6, 6.07) is 1.49. The van der Waals surface area contributed by atoms with E-state index in [9.17, 15) is 9.59 Å². The molecule has 92 valence electrons. The van der Waals surface area contributed by atoms with Gasteiger partial charge in [-0.1, -0.05) is 0 Å². The van der Waals surface area contributed by atoms with E-state index in [-0.39, 0.29) is 11.5 Å². The number of aryl methyl sites for hydroxylation is 1. The van der Waals surface area contributed by atoms with Crippen LogP contribution in [0.5, 0.6) is 0 Å². The molecule has 7 nitrogen and oxygen atoms in total. The summed E-state index contributed by atoms with van der Waals surface area (Å²) in [5.74, 6) is -1.42. The van der Waals surface area contributed by atoms with Crippen molar-refractivity contribution in [3.8, 4) is 0 Å². The highest BCUT2D eigenvalue weighted by molar-refractivity contribution is 6.06. The second-order valence-electron chi connectivity index (χ2n) is 3.40. The molecule has 0 saturated heterocycles. The largest absolute Gasteiger partial charge is 0.476 e. The third-order valence-electron chi connectivity index (χ3n) is 2.24. The number of nitrogens with zero attached hydrogens (tertiary/aromatic N) is 2. The molecule has 2 aromatic rings. The van der Waals surface area contributed by atoms with E-state index < -0.39 is 11.9 Å². The lowest BCUT2D eigenvalue weighted by Crippen LogP contribution is -2.17. The minimum atomic E-state index is -1.26. The Morgan fingerprint density at radius 1 is 1.33 bits per heavy atom. The average molecular weight is 247 g/mol. The molecule has 0 atom stereocenters. The zero-order valence-electron chi connectivity index (χ0n) is 9.38. The third kappa shape index (κ3) is 2.19. The zero-order valence-corrected chi connectivity index (χ0v) is 9.38. The van der Waals surface area contributed by atoms with E-state index in [4.69, 9.17) is 9.52 Å². The molecule has 18 heavy (non-hydrogen) atoms. The van der Waals surface area contributed by atoms with Gasteiger partial charge in [-0.25, -0.2) is 14.8 Å². The zero-order chi connectivity index (χ0) is 13.1. The van der Waals surface area contributed by atoms with Crippen LogP contribution in [0.2, 0.25) is 0 Å². The van der Waals surface area contributed by atoms with E-state index in [1.807, 2.05) is 0 Å². The van der Waals surface area contributed by atoms with Crippen LogP contribution in [0.4, 0.5) is 5.82 Å². The van der Waals surface area contributed by atoms with Crippen LogP contribution in [0.3, 0.4) is 0 Å². The first-order valence-corrected chi connectivity index (χ1v) is 4.99. The van der Waals surface area contributed by atoms with Crippen LogP contribution in [0.1, 0.15) is 26.6 Å². The maximum absolute atomic E-state index is 11.8. The molecule has 2 aromatic heterocycles. The normalized spacial score (nSPS) is 10.1. The number of hydrogen-bond acceptors (Lipinski definition) is 5. The van der Waals surface area contributed by atoms with Crippen LogP contribution in [0.25, 0.3) is 0 Å². The summed E-state index contributed by atoms with van der Waals surface area (Å²) >= 11 is 0. The molecule has 7 heteroatoms. The van der Waals surface area contributed by atoms with Crippen molar-refractivity contribution >= 4 is 17.7 Å². The number of furan rings is 1. The Morgan fingerprint density at radius 2 is 2.06 bits per heavy atom. The fraction of sp³-hybridized carbons (Fsp3) is 0.0909. The number of carbonyl (C=O) groups excluding carboxylic acids is 1. The topological polar surface area (TPSA) is 105 Å². The van der Waals surface area contributed by atoms with Crippen LogP contribution in [-0.4, -0.2) is 27.0 Å². The number of aromatic carboxylic acids is 1. The van der Waals surface area contributed by atoms with E-state index >= 15 is 0 Å². The standard InChI is InChI=1S/C11H9N3O4/c1-6-7(2-5-18-6)10(15)14-9-8(11(16)17)12-3-4-13-9/h2-5H,1H3,(H,16,17)(H,13,14,15). The van der Waals surface area contributed by atoms with Gasteiger partial charge in [0, 0.05) is 12.4 Å². The van der Waals surface area contributed by atoms with Gasteiger partial charge in [-0.15, -0.1) is 0 Å². The Balaban J connectivity index is 2.28. The lowest BCUT2D eigenvalue weighted by Gasteiger charge is -2.05. The third-order valence-corrected chi connectivity index (χ3v) is 2.24. The highest BCUT2D eigenvalue weighted by atomic mass is 16.4. The molecule has 0 aliphatic heterocycles. The number of rotatable bonds is 3. The number of aromatic nitrogens is 2. The lowest BCUT2D eigenvalue weighted by molar-refractivity contribution is 0.0691. The highest BCUT2D eigenvalue weighted by Gasteiger charge is 2.17. The Hall–Kier alpha value is -2.70. The maximum Gasteiger partial charge on any atom is 0.358 e. The van der Waals surface area contributed by atoms with E-state index in [0.717, 1.165) is 0 Å². The lowest BCUT2D eigenvalue weighted by atomic mass is 10.2. The van der Waals surface area contributed by atoms with Crippen molar-refractivity contribution in [1.82, 2.24) is 9.97 Å². The van der Waals surface area contributed by atoms with Crippen molar-refractivity contribution in [2.75, 3.05) is 5.32 Å². The SMILES string of the molecule is Cc1occc1C(=O)Nc1nccnc1C(=O)O. The van der Waals surface area contributed by atoms with Gasteiger partial charge in [-0.3, -0.25) is 4.79 Å². The first-order valence-electron chi connectivity index (χ1n) is 4.99. The Bertz CT molecular complexity index is 606. The predicted octanol–water partition coefficient (Wildman–Crippen LogP) is 1.33. The summed E-state index contributed by atoms with van der Waals surface area (Å²) in [5, 5.41) is 11.3. The van der Waals surface area contributed by atoms with Gasteiger partial charge in [-0.05, 0) is 13.0 Å². The van der Waals surface area contributed by atoms with Crippen molar-refractivity contribution in [3.63, 3.8) is 0 Å². The Morgan fingerprint density at radius 3 is 2.67 bits per heavy atom. The average Bonchev–Trinajstić information content (AvgIpc) is 2.76. The molecule has 0 saturated carbocycles. The van der Waals surface area contributed by atoms with Crippen LogP contribution < -0.4 is 5.32 Å². The number of nitrogens with one attached hydrogen (secondary N) is 1. The van der Waals surface area contributed by atoms with E-state index in [1.54, 1.807) is 6.92 Å². The number of anilines is 1. The molecule has 0 aliphatic carbocycles. The van der Waals surface area contributed by atoms with Gasteiger partial charge in [0.2, 0.25) is 0 Å². The van der Waals surface area contributed by atoms with Crippen molar-refractivity contribution in [2.45, 2.75) is 6.92 Å². The Kier molecular flexibility index (Phi) is 3.05. The summed E-state index contributed by atoms with van der Waals surface area (Å²) < 4.78 is 4.99. The van der Waals surface area contributed by atoms with Crippen LogP contribution in [0.15, 0.2) is 29.1 Å². The summed E-state index contributed by atoms with van der Waals surface area (Å²) in [6.45, 7) is 1.63. The molecule has 0 aliphatic rings. The van der Waals surface area contributed by atoms with Gasteiger partial charge in [-0.2, -0.15) is 0 Å². The molecule has 0 radical (unpaired) electrons. The van der Waals surface area contributed by atoms with Crippen molar-refractivity contribution in [2.24, 2.45) is 0 Å². The molecule has 2 rings (SSSR count). The molecule has 0 bridgehead atoms. The summed E-state index contributed by atoms with van der Waals surface area (Å²) in [6.07, 6.45) is 3.91. The predicted molar refractivity (Wildman–Crippen MR) is 60.4 cm³/mol. The molecule has 1 amide bonds. The first kappa shape index (κ1) is 11.8. The fourth-order valence-corrected chi connectivity index (χ4v) is 1.38. The van der Waals surface area contributed by atoms with Gasteiger partial charge >= 0.3 is 5.97 Å². The molecule has 2 N–H and O–H groups in total.